The predicted octanol–water partition coefficient (Wildman–Crippen LogP) is 2.00. The van der Waals surface area contributed by atoms with Crippen molar-refractivity contribution in [3.63, 3.8) is 0 Å². The van der Waals surface area contributed by atoms with E-state index in [4.69, 9.17) is 0 Å². The van der Waals surface area contributed by atoms with Crippen LogP contribution in [0.2, 0.25) is 0 Å². The number of likely N-dealkylation sites (tertiary alicyclic amines) is 1. The van der Waals surface area contributed by atoms with Gasteiger partial charge in [-0.15, -0.1) is 0 Å². The Hall–Kier alpha value is -1.35. The number of carbonyl (C=O) groups is 1. The normalized spacial score (nSPS) is 17.4. The fraction of sp³-hybridized carbons (Fsp3) is 0.562. The highest BCUT2D eigenvalue weighted by molar-refractivity contribution is 5.78. The largest absolute Gasteiger partial charge is 0.356 e. The van der Waals surface area contributed by atoms with Crippen LogP contribution in [0, 0.1) is 12.8 Å². The van der Waals surface area contributed by atoms with E-state index in [1.54, 1.807) is 0 Å². The summed E-state index contributed by atoms with van der Waals surface area (Å²) in [6.07, 6.45) is 2.88. The topological polar surface area (TPSA) is 32.3 Å². The molecule has 1 heterocycles. The van der Waals surface area contributed by atoms with Gasteiger partial charge in [0.15, 0.2) is 0 Å². The van der Waals surface area contributed by atoms with E-state index in [-0.39, 0.29) is 5.91 Å². The molecule has 0 radical (unpaired) electrons. The fourth-order valence-corrected chi connectivity index (χ4v) is 2.48. The first kappa shape index (κ1) is 14.1. The maximum Gasteiger partial charge on any atom is 0.224 e. The zero-order chi connectivity index (χ0) is 13.7. The van der Waals surface area contributed by atoms with Gasteiger partial charge in [-0.3, -0.25) is 4.79 Å². The van der Waals surface area contributed by atoms with Gasteiger partial charge in [0.25, 0.3) is 0 Å². The molecule has 1 saturated heterocycles. The molecule has 0 bridgehead atoms. The van der Waals surface area contributed by atoms with Crippen LogP contribution in [0.25, 0.3) is 0 Å². The third kappa shape index (κ3) is 4.67. The standard InChI is InChI=1S/C16H24N2O/c1-13-3-5-14(6-4-13)11-16(19)17-12-15-7-9-18(2)10-8-15/h3-6,15H,7-12H2,1-2H3,(H,17,19). The van der Waals surface area contributed by atoms with Crippen molar-refractivity contribution in [3.8, 4) is 0 Å². The smallest absolute Gasteiger partial charge is 0.224 e. The summed E-state index contributed by atoms with van der Waals surface area (Å²) in [4.78, 5) is 14.2. The Balaban J connectivity index is 1.71. The highest BCUT2D eigenvalue weighted by atomic mass is 16.1. The average Bonchev–Trinajstić information content (AvgIpc) is 2.41. The number of aryl methyl sites for hydroxylation is 1. The predicted molar refractivity (Wildman–Crippen MR) is 78.1 cm³/mol. The molecule has 3 nitrogen and oxygen atoms in total. The Kier molecular flexibility index (Phi) is 4.97. The number of amides is 1. The number of nitrogens with one attached hydrogen (secondary N) is 1. The van der Waals surface area contributed by atoms with Crippen LogP contribution in [0.4, 0.5) is 0 Å². The van der Waals surface area contributed by atoms with Gasteiger partial charge in [-0.25, -0.2) is 0 Å². The third-order valence-corrected chi connectivity index (χ3v) is 3.91. The van der Waals surface area contributed by atoms with Crippen LogP contribution in [0.5, 0.6) is 0 Å². The Bertz CT molecular complexity index is 405. The van der Waals surface area contributed by atoms with Gasteiger partial charge >= 0.3 is 0 Å². The highest BCUT2D eigenvalue weighted by Gasteiger charge is 2.17. The summed E-state index contributed by atoms with van der Waals surface area (Å²) in [7, 11) is 2.16. The molecule has 1 aromatic rings. The number of hydrogen-bond acceptors (Lipinski definition) is 2. The molecular formula is C16H24N2O. The maximum atomic E-state index is 11.9. The molecule has 0 unspecified atom stereocenters. The van der Waals surface area contributed by atoms with Crippen molar-refractivity contribution in [1.82, 2.24) is 10.2 Å². The molecule has 1 fully saturated rings. The van der Waals surface area contributed by atoms with E-state index in [0.29, 0.717) is 12.3 Å². The minimum Gasteiger partial charge on any atom is -0.356 e. The minimum atomic E-state index is 0.141. The molecule has 19 heavy (non-hydrogen) atoms. The van der Waals surface area contributed by atoms with E-state index < -0.39 is 0 Å². The molecule has 104 valence electrons. The van der Waals surface area contributed by atoms with E-state index in [1.165, 1.54) is 18.4 Å². The number of carbonyl (C=O) groups excluding carboxylic acids is 1. The second-order valence-electron chi connectivity index (χ2n) is 5.71. The van der Waals surface area contributed by atoms with E-state index in [9.17, 15) is 4.79 Å². The Morgan fingerprint density at radius 1 is 1.26 bits per heavy atom. The summed E-state index contributed by atoms with van der Waals surface area (Å²) < 4.78 is 0. The Labute approximate surface area is 116 Å². The third-order valence-electron chi connectivity index (χ3n) is 3.91. The van der Waals surface area contributed by atoms with Crippen molar-refractivity contribution in [2.45, 2.75) is 26.2 Å². The van der Waals surface area contributed by atoms with Gasteiger partial charge in [0.1, 0.15) is 0 Å². The summed E-state index contributed by atoms with van der Waals surface area (Å²) >= 11 is 0. The second kappa shape index (κ2) is 6.71. The number of piperidine rings is 1. The first-order valence-electron chi connectivity index (χ1n) is 7.14. The van der Waals surface area contributed by atoms with Crippen LogP contribution < -0.4 is 5.32 Å². The van der Waals surface area contributed by atoms with Gasteiger partial charge in [-0.2, -0.15) is 0 Å². The molecular weight excluding hydrogens is 236 g/mol. The molecule has 1 aliphatic heterocycles. The van der Waals surface area contributed by atoms with Crippen molar-refractivity contribution in [2.24, 2.45) is 5.92 Å². The molecule has 0 saturated carbocycles. The lowest BCUT2D eigenvalue weighted by atomic mass is 9.97. The molecule has 2 rings (SSSR count). The van der Waals surface area contributed by atoms with Crippen LogP contribution in [0.3, 0.4) is 0 Å². The van der Waals surface area contributed by atoms with E-state index in [2.05, 4.69) is 36.3 Å². The van der Waals surface area contributed by atoms with E-state index >= 15 is 0 Å². The van der Waals surface area contributed by atoms with Crippen molar-refractivity contribution in [1.29, 1.82) is 0 Å². The van der Waals surface area contributed by atoms with Gasteiger partial charge in [0.2, 0.25) is 5.91 Å². The van der Waals surface area contributed by atoms with Crippen molar-refractivity contribution in [2.75, 3.05) is 26.7 Å². The summed E-state index contributed by atoms with van der Waals surface area (Å²) in [5.74, 6) is 0.793. The lowest BCUT2D eigenvalue weighted by Gasteiger charge is -2.28. The lowest BCUT2D eigenvalue weighted by molar-refractivity contribution is -0.120. The van der Waals surface area contributed by atoms with Gasteiger partial charge in [0.05, 0.1) is 6.42 Å². The van der Waals surface area contributed by atoms with Gasteiger partial charge in [0, 0.05) is 6.54 Å². The van der Waals surface area contributed by atoms with Crippen LogP contribution in [-0.2, 0) is 11.2 Å². The molecule has 0 atom stereocenters. The lowest BCUT2D eigenvalue weighted by Crippen LogP contribution is -2.37. The Morgan fingerprint density at radius 3 is 2.53 bits per heavy atom. The zero-order valence-corrected chi connectivity index (χ0v) is 12.0. The first-order valence-corrected chi connectivity index (χ1v) is 7.14. The van der Waals surface area contributed by atoms with Crippen LogP contribution in [-0.4, -0.2) is 37.5 Å². The van der Waals surface area contributed by atoms with Crippen molar-refractivity contribution >= 4 is 5.91 Å². The molecule has 1 aromatic carbocycles. The summed E-state index contributed by atoms with van der Waals surface area (Å²) in [6.45, 7) is 5.19. The number of nitrogens with zero attached hydrogens (tertiary/aromatic N) is 1. The molecule has 0 aliphatic carbocycles. The number of hydrogen-bond donors (Lipinski definition) is 1. The molecule has 3 heteroatoms. The van der Waals surface area contributed by atoms with Crippen molar-refractivity contribution in [3.05, 3.63) is 35.4 Å². The summed E-state index contributed by atoms with van der Waals surface area (Å²) in [6, 6.07) is 8.17. The number of rotatable bonds is 4. The second-order valence-corrected chi connectivity index (χ2v) is 5.71. The summed E-state index contributed by atoms with van der Waals surface area (Å²) in [5.41, 5.74) is 2.32. The van der Waals surface area contributed by atoms with Crippen LogP contribution in [0.1, 0.15) is 24.0 Å². The van der Waals surface area contributed by atoms with Gasteiger partial charge in [-0.1, -0.05) is 29.8 Å². The SMILES string of the molecule is Cc1ccc(CC(=O)NCC2CCN(C)CC2)cc1. The maximum absolute atomic E-state index is 11.9. The molecule has 1 aliphatic rings. The van der Waals surface area contributed by atoms with Crippen LogP contribution in [0.15, 0.2) is 24.3 Å². The Morgan fingerprint density at radius 2 is 1.89 bits per heavy atom. The van der Waals surface area contributed by atoms with Gasteiger partial charge < -0.3 is 10.2 Å². The van der Waals surface area contributed by atoms with E-state index in [1.807, 2.05) is 12.1 Å². The molecule has 0 aromatic heterocycles. The summed E-state index contributed by atoms with van der Waals surface area (Å²) in [5, 5.41) is 3.07. The van der Waals surface area contributed by atoms with Gasteiger partial charge in [-0.05, 0) is 51.4 Å². The fourth-order valence-electron chi connectivity index (χ4n) is 2.48. The monoisotopic (exact) mass is 260 g/mol. The number of benzene rings is 1. The van der Waals surface area contributed by atoms with E-state index in [0.717, 1.165) is 25.2 Å². The quantitative estimate of drug-likeness (QED) is 0.898. The average molecular weight is 260 g/mol. The van der Waals surface area contributed by atoms with Crippen molar-refractivity contribution < 1.29 is 4.79 Å². The molecule has 1 N–H and O–H groups in total. The minimum absolute atomic E-state index is 0.141. The highest BCUT2D eigenvalue weighted by Crippen LogP contribution is 2.14. The zero-order valence-electron chi connectivity index (χ0n) is 12.0. The van der Waals surface area contributed by atoms with Crippen LogP contribution >= 0.6 is 0 Å². The first-order chi connectivity index (χ1) is 9.13. The molecule has 0 spiro atoms. The molecule has 1 amide bonds.